The summed E-state index contributed by atoms with van der Waals surface area (Å²) in [5.41, 5.74) is 1.32. The van der Waals surface area contributed by atoms with E-state index >= 15 is 0 Å². The second-order valence-electron chi connectivity index (χ2n) is 5.25. The summed E-state index contributed by atoms with van der Waals surface area (Å²) in [5, 5.41) is 7.75. The highest BCUT2D eigenvalue weighted by Crippen LogP contribution is 2.13. The molecule has 1 aliphatic heterocycles. The van der Waals surface area contributed by atoms with Gasteiger partial charge in [-0.25, -0.2) is 0 Å². The molecule has 4 heteroatoms. The second-order valence-corrected chi connectivity index (χ2v) is 5.25. The van der Waals surface area contributed by atoms with E-state index in [-0.39, 0.29) is 0 Å². The Balaban J connectivity index is 1.59. The van der Waals surface area contributed by atoms with Gasteiger partial charge >= 0.3 is 0 Å². The van der Waals surface area contributed by atoms with Crippen molar-refractivity contribution in [3.05, 3.63) is 18.0 Å². The van der Waals surface area contributed by atoms with Gasteiger partial charge in [0, 0.05) is 19.8 Å². The van der Waals surface area contributed by atoms with Crippen molar-refractivity contribution in [3.63, 3.8) is 0 Å². The van der Waals surface area contributed by atoms with Gasteiger partial charge in [-0.2, -0.15) is 5.10 Å². The summed E-state index contributed by atoms with van der Waals surface area (Å²) < 4.78 is 1.87. The Morgan fingerprint density at radius 1 is 1.47 bits per heavy atom. The van der Waals surface area contributed by atoms with Crippen molar-refractivity contribution < 1.29 is 0 Å². The summed E-state index contributed by atoms with van der Waals surface area (Å²) in [6, 6.07) is 0. The molecule has 0 radical (unpaired) electrons. The molecule has 96 valence electrons. The molecule has 2 rings (SSSR count). The molecule has 4 nitrogen and oxygen atoms in total. The third-order valence-electron chi connectivity index (χ3n) is 3.50. The Kier molecular flexibility index (Phi) is 4.57. The molecule has 17 heavy (non-hydrogen) atoms. The van der Waals surface area contributed by atoms with Crippen LogP contribution < -0.4 is 5.32 Å². The van der Waals surface area contributed by atoms with E-state index in [4.69, 9.17) is 0 Å². The maximum absolute atomic E-state index is 4.18. The van der Waals surface area contributed by atoms with Gasteiger partial charge in [0.15, 0.2) is 0 Å². The van der Waals surface area contributed by atoms with Gasteiger partial charge in [0.1, 0.15) is 0 Å². The number of hydrogen-bond acceptors (Lipinski definition) is 3. The number of rotatable bonds is 5. The number of hydrogen-bond donors (Lipinski definition) is 1. The van der Waals surface area contributed by atoms with E-state index < -0.39 is 0 Å². The number of likely N-dealkylation sites (tertiary alicyclic amines) is 1. The van der Waals surface area contributed by atoms with Gasteiger partial charge < -0.3 is 10.2 Å². The van der Waals surface area contributed by atoms with E-state index in [9.17, 15) is 0 Å². The molecule has 2 heterocycles. The number of aromatic nitrogens is 2. The van der Waals surface area contributed by atoms with E-state index in [0.29, 0.717) is 0 Å². The minimum absolute atomic E-state index is 0.836. The quantitative estimate of drug-likeness (QED) is 0.771. The zero-order chi connectivity index (χ0) is 12.1. The zero-order valence-corrected chi connectivity index (χ0v) is 11.0. The van der Waals surface area contributed by atoms with Crippen LogP contribution in [0.5, 0.6) is 0 Å². The van der Waals surface area contributed by atoms with E-state index in [2.05, 4.69) is 28.6 Å². The van der Waals surface area contributed by atoms with Crippen LogP contribution in [0, 0.1) is 5.92 Å². The van der Waals surface area contributed by atoms with E-state index in [0.717, 1.165) is 25.4 Å². The maximum atomic E-state index is 4.18. The minimum Gasteiger partial charge on any atom is -0.316 e. The van der Waals surface area contributed by atoms with Crippen molar-refractivity contribution in [2.24, 2.45) is 13.0 Å². The van der Waals surface area contributed by atoms with Crippen LogP contribution in [-0.4, -0.2) is 47.9 Å². The first kappa shape index (κ1) is 12.6. The highest BCUT2D eigenvalue weighted by Gasteiger charge is 2.16. The van der Waals surface area contributed by atoms with Crippen LogP contribution in [0.4, 0.5) is 0 Å². The number of piperidine rings is 1. The largest absolute Gasteiger partial charge is 0.316 e. The molecule has 1 fully saturated rings. The van der Waals surface area contributed by atoms with Gasteiger partial charge in [-0.3, -0.25) is 4.68 Å². The molecule has 1 saturated heterocycles. The molecule has 0 amide bonds. The van der Waals surface area contributed by atoms with Crippen LogP contribution in [0.1, 0.15) is 18.4 Å². The smallest absolute Gasteiger partial charge is 0.0522 e. The Bertz CT molecular complexity index is 334. The summed E-state index contributed by atoms with van der Waals surface area (Å²) in [5.74, 6) is 0.836. The Labute approximate surface area is 104 Å². The van der Waals surface area contributed by atoms with Crippen molar-refractivity contribution in [1.29, 1.82) is 0 Å². The third kappa shape index (κ3) is 4.13. The fourth-order valence-corrected chi connectivity index (χ4v) is 2.58. The standard InChI is InChI=1S/C13H24N4/c1-16-7-3-4-12(10-16)8-14-6-5-13-9-15-17(2)11-13/h9,11-12,14H,3-8,10H2,1-2H3. The lowest BCUT2D eigenvalue weighted by Crippen LogP contribution is -2.37. The Hall–Kier alpha value is -0.870. The SMILES string of the molecule is CN1CCCC(CNCCc2cnn(C)c2)C1. The lowest BCUT2D eigenvalue weighted by atomic mass is 9.98. The highest BCUT2D eigenvalue weighted by molar-refractivity contribution is 5.03. The first-order valence-corrected chi connectivity index (χ1v) is 6.61. The zero-order valence-electron chi connectivity index (χ0n) is 11.0. The average Bonchev–Trinajstić information content (AvgIpc) is 2.71. The monoisotopic (exact) mass is 236 g/mol. The molecule has 1 N–H and O–H groups in total. The molecule has 1 atom stereocenters. The Morgan fingerprint density at radius 2 is 2.35 bits per heavy atom. The van der Waals surface area contributed by atoms with Crippen molar-refractivity contribution in [2.45, 2.75) is 19.3 Å². The lowest BCUT2D eigenvalue weighted by molar-refractivity contribution is 0.206. The molecule has 0 spiro atoms. The van der Waals surface area contributed by atoms with Gasteiger partial charge in [-0.15, -0.1) is 0 Å². The summed E-state index contributed by atoms with van der Waals surface area (Å²) in [6.07, 6.45) is 7.86. The van der Waals surface area contributed by atoms with Crippen LogP contribution in [-0.2, 0) is 13.5 Å². The third-order valence-corrected chi connectivity index (χ3v) is 3.50. The fraction of sp³-hybridized carbons (Fsp3) is 0.769. The lowest BCUT2D eigenvalue weighted by Gasteiger charge is -2.29. The fourth-order valence-electron chi connectivity index (χ4n) is 2.58. The van der Waals surface area contributed by atoms with E-state index in [1.165, 1.54) is 31.5 Å². The van der Waals surface area contributed by atoms with Gasteiger partial charge in [-0.1, -0.05) is 0 Å². The van der Waals surface area contributed by atoms with Gasteiger partial charge in [0.2, 0.25) is 0 Å². The van der Waals surface area contributed by atoms with Crippen LogP contribution in [0.2, 0.25) is 0 Å². The van der Waals surface area contributed by atoms with E-state index in [1.807, 2.05) is 17.9 Å². The predicted octanol–water partition coefficient (Wildman–Crippen LogP) is 0.894. The summed E-state index contributed by atoms with van der Waals surface area (Å²) in [7, 11) is 4.19. The topological polar surface area (TPSA) is 33.1 Å². The molecule has 1 aromatic heterocycles. The van der Waals surface area contributed by atoms with Crippen molar-refractivity contribution in [2.75, 3.05) is 33.2 Å². The van der Waals surface area contributed by atoms with Crippen LogP contribution in [0.25, 0.3) is 0 Å². The normalized spacial score (nSPS) is 21.9. The van der Waals surface area contributed by atoms with Gasteiger partial charge in [0.25, 0.3) is 0 Å². The summed E-state index contributed by atoms with van der Waals surface area (Å²) in [6.45, 7) is 4.74. The second kappa shape index (κ2) is 6.17. The molecule has 1 aliphatic rings. The first-order chi connectivity index (χ1) is 8.24. The number of nitrogens with zero attached hydrogens (tertiary/aromatic N) is 3. The van der Waals surface area contributed by atoms with Crippen molar-refractivity contribution >= 4 is 0 Å². The van der Waals surface area contributed by atoms with Gasteiger partial charge in [0.05, 0.1) is 6.20 Å². The predicted molar refractivity (Wildman–Crippen MR) is 70.0 cm³/mol. The molecular weight excluding hydrogens is 212 g/mol. The highest BCUT2D eigenvalue weighted by atomic mass is 15.2. The van der Waals surface area contributed by atoms with Crippen molar-refractivity contribution in [3.8, 4) is 0 Å². The van der Waals surface area contributed by atoms with Crippen LogP contribution in [0.3, 0.4) is 0 Å². The first-order valence-electron chi connectivity index (χ1n) is 6.61. The molecule has 0 saturated carbocycles. The molecule has 1 unspecified atom stereocenters. The summed E-state index contributed by atoms with van der Waals surface area (Å²) >= 11 is 0. The molecule has 0 aromatic carbocycles. The Morgan fingerprint density at radius 3 is 3.06 bits per heavy atom. The van der Waals surface area contributed by atoms with E-state index in [1.54, 1.807) is 0 Å². The maximum Gasteiger partial charge on any atom is 0.0522 e. The molecule has 0 bridgehead atoms. The van der Waals surface area contributed by atoms with Crippen LogP contribution >= 0.6 is 0 Å². The summed E-state index contributed by atoms with van der Waals surface area (Å²) in [4.78, 5) is 2.44. The van der Waals surface area contributed by atoms with Crippen LogP contribution in [0.15, 0.2) is 12.4 Å². The number of nitrogens with one attached hydrogen (secondary N) is 1. The molecular formula is C13H24N4. The van der Waals surface area contributed by atoms with Gasteiger partial charge in [-0.05, 0) is 57.4 Å². The number of aryl methyl sites for hydroxylation is 1. The van der Waals surface area contributed by atoms with Crippen molar-refractivity contribution in [1.82, 2.24) is 20.0 Å². The minimum atomic E-state index is 0.836. The average molecular weight is 236 g/mol. The molecule has 0 aliphatic carbocycles. The molecule has 1 aromatic rings.